The van der Waals surface area contributed by atoms with Gasteiger partial charge in [-0.05, 0) is 18.9 Å². The molecule has 0 saturated carbocycles. The largest absolute Gasteiger partial charge is 0.335 e. The molecule has 3 heteroatoms. The van der Waals surface area contributed by atoms with Crippen LogP contribution in [0.1, 0.15) is 38.9 Å². The van der Waals surface area contributed by atoms with Gasteiger partial charge in [0.1, 0.15) is 5.82 Å². The van der Waals surface area contributed by atoms with Crippen molar-refractivity contribution in [3.63, 3.8) is 0 Å². The zero-order valence-electron chi connectivity index (χ0n) is 9.40. The van der Waals surface area contributed by atoms with Gasteiger partial charge in [0.25, 0.3) is 0 Å². The van der Waals surface area contributed by atoms with Crippen molar-refractivity contribution in [1.29, 1.82) is 0 Å². The summed E-state index contributed by atoms with van der Waals surface area (Å²) >= 11 is 0. The third-order valence-corrected chi connectivity index (χ3v) is 2.84. The second-order valence-corrected chi connectivity index (χ2v) is 3.98. The SMILES string of the molecule is CCCn1ccnc1C(C)C(C)CN. The summed E-state index contributed by atoms with van der Waals surface area (Å²) < 4.78 is 2.23. The lowest BCUT2D eigenvalue weighted by atomic mass is 9.95. The molecule has 0 saturated heterocycles. The lowest BCUT2D eigenvalue weighted by Crippen LogP contribution is -2.20. The van der Waals surface area contributed by atoms with Crippen LogP contribution in [0.5, 0.6) is 0 Å². The van der Waals surface area contributed by atoms with Crippen molar-refractivity contribution in [1.82, 2.24) is 9.55 Å². The van der Waals surface area contributed by atoms with Gasteiger partial charge in [-0.3, -0.25) is 0 Å². The van der Waals surface area contributed by atoms with Gasteiger partial charge >= 0.3 is 0 Å². The molecule has 0 spiro atoms. The fourth-order valence-corrected chi connectivity index (χ4v) is 1.61. The normalized spacial score (nSPS) is 15.4. The molecular weight excluding hydrogens is 174 g/mol. The molecule has 0 aliphatic rings. The zero-order valence-corrected chi connectivity index (χ0v) is 9.40. The Bertz CT molecular complexity index is 267. The van der Waals surface area contributed by atoms with Crippen molar-refractivity contribution in [2.45, 2.75) is 39.7 Å². The van der Waals surface area contributed by atoms with E-state index in [0.29, 0.717) is 11.8 Å². The van der Waals surface area contributed by atoms with Gasteiger partial charge in [0.05, 0.1) is 0 Å². The molecule has 0 radical (unpaired) electrons. The molecule has 0 aromatic carbocycles. The first-order chi connectivity index (χ1) is 6.70. The van der Waals surface area contributed by atoms with Crippen LogP contribution in [-0.2, 0) is 6.54 Å². The Balaban J connectivity index is 2.77. The standard InChI is InChI=1S/C11H21N3/c1-4-6-14-7-5-13-11(14)10(3)9(2)8-12/h5,7,9-10H,4,6,8,12H2,1-3H3. The van der Waals surface area contributed by atoms with Crippen molar-refractivity contribution in [3.05, 3.63) is 18.2 Å². The highest BCUT2D eigenvalue weighted by Crippen LogP contribution is 2.21. The van der Waals surface area contributed by atoms with Crippen molar-refractivity contribution < 1.29 is 0 Å². The van der Waals surface area contributed by atoms with E-state index in [0.717, 1.165) is 19.5 Å². The summed E-state index contributed by atoms with van der Waals surface area (Å²) in [6.07, 6.45) is 5.08. The number of rotatable bonds is 5. The molecule has 1 rings (SSSR count). The molecule has 0 bridgehead atoms. The molecule has 80 valence electrons. The maximum absolute atomic E-state index is 5.67. The lowest BCUT2D eigenvalue weighted by Gasteiger charge is -2.18. The lowest BCUT2D eigenvalue weighted by molar-refractivity contribution is 0.456. The number of aromatic nitrogens is 2. The second-order valence-electron chi connectivity index (χ2n) is 3.98. The van der Waals surface area contributed by atoms with Crippen LogP contribution in [0, 0.1) is 5.92 Å². The Morgan fingerprint density at radius 1 is 1.50 bits per heavy atom. The highest BCUT2D eigenvalue weighted by Gasteiger charge is 2.17. The minimum atomic E-state index is 0.446. The first-order valence-corrected chi connectivity index (χ1v) is 5.41. The smallest absolute Gasteiger partial charge is 0.111 e. The average molecular weight is 195 g/mol. The first kappa shape index (κ1) is 11.2. The van der Waals surface area contributed by atoms with Crippen molar-refractivity contribution in [2.24, 2.45) is 11.7 Å². The second kappa shape index (κ2) is 5.15. The number of imidazole rings is 1. The van der Waals surface area contributed by atoms with E-state index in [1.54, 1.807) is 0 Å². The van der Waals surface area contributed by atoms with E-state index in [4.69, 9.17) is 5.73 Å². The monoisotopic (exact) mass is 195 g/mol. The van der Waals surface area contributed by atoms with Crippen LogP contribution in [-0.4, -0.2) is 16.1 Å². The van der Waals surface area contributed by atoms with E-state index in [2.05, 4.69) is 36.5 Å². The minimum absolute atomic E-state index is 0.446. The molecule has 0 aliphatic heterocycles. The molecule has 2 atom stereocenters. The van der Waals surface area contributed by atoms with Gasteiger partial charge in [-0.1, -0.05) is 20.8 Å². The summed E-state index contributed by atoms with van der Waals surface area (Å²) in [5.41, 5.74) is 5.67. The van der Waals surface area contributed by atoms with Gasteiger partial charge in [0.15, 0.2) is 0 Å². The van der Waals surface area contributed by atoms with E-state index in [-0.39, 0.29) is 0 Å². The maximum atomic E-state index is 5.67. The molecule has 1 heterocycles. The van der Waals surface area contributed by atoms with E-state index < -0.39 is 0 Å². The Labute approximate surface area is 86.3 Å². The third-order valence-electron chi connectivity index (χ3n) is 2.84. The summed E-state index contributed by atoms with van der Waals surface area (Å²) in [5.74, 6) is 2.11. The van der Waals surface area contributed by atoms with E-state index in [1.165, 1.54) is 5.82 Å². The highest BCUT2D eigenvalue weighted by atomic mass is 15.1. The molecular formula is C11H21N3. The summed E-state index contributed by atoms with van der Waals surface area (Å²) in [4.78, 5) is 4.41. The predicted molar refractivity (Wildman–Crippen MR) is 59.2 cm³/mol. The molecule has 0 aliphatic carbocycles. The van der Waals surface area contributed by atoms with Crippen LogP contribution in [0.2, 0.25) is 0 Å². The Morgan fingerprint density at radius 2 is 2.21 bits per heavy atom. The minimum Gasteiger partial charge on any atom is -0.335 e. The maximum Gasteiger partial charge on any atom is 0.111 e. The Hall–Kier alpha value is -0.830. The number of hydrogen-bond donors (Lipinski definition) is 1. The fraction of sp³-hybridized carbons (Fsp3) is 0.727. The van der Waals surface area contributed by atoms with Crippen molar-refractivity contribution in [3.8, 4) is 0 Å². The summed E-state index contributed by atoms with van der Waals surface area (Å²) in [5, 5.41) is 0. The van der Waals surface area contributed by atoms with Gasteiger partial charge in [-0.15, -0.1) is 0 Å². The van der Waals surface area contributed by atoms with Crippen LogP contribution >= 0.6 is 0 Å². The number of hydrogen-bond acceptors (Lipinski definition) is 2. The summed E-state index contributed by atoms with van der Waals surface area (Å²) in [6.45, 7) is 8.33. The molecule has 0 fully saturated rings. The molecule has 1 aromatic heterocycles. The van der Waals surface area contributed by atoms with Gasteiger partial charge < -0.3 is 10.3 Å². The molecule has 0 amide bonds. The number of nitrogens with two attached hydrogens (primary N) is 1. The zero-order chi connectivity index (χ0) is 10.6. The molecule has 3 nitrogen and oxygen atoms in total. The average Bonchev–Trinajstić information content (AvgIpc) is 2.64. The van der Waals surface area contributed by atoms with Crippen LogP contribution < -0.4 is 5.73 Å². The first-order valence-electron chi connectivity index (χ1n) is 5.41. The number of aryl methyl sites for hydroxylation is 1. The van der Waals surface area contributed by atoms with Crippen molar-refractivity contribution in [2.75, 3.05) is 6.54 Å². The van der Waals surface area contributed by atoms with Crippen molar-refractivity contribution >= 4 is 0 Å². The van der Waals surface area contributed by atoms with Crippen LogP contribution in [0.25, 0.3) is 0 Å². The Morgan fingerprint density at radius 3 is 2.79 bits per heavy atom. The quantitative estimate of drug-likeness (QED) is 0.781. The third kappa shape index (κ3) is 2.35. The van der Waals surface area contributed by atoms with Gasteiger partial charge in [-0.25, -0.2) is 4.98 Å². The highest BCUT2D eigenvalue weighted by molar-refractivity contribution is 5.00. The van der Waals surface area contributed by atoms with Crippen LogP contribution in [0.3, 0.4) is 0 Å². The molecule has 14 heavy (non-hydrogen) atoms. The summed E-state index contributed by atoms with van der Waals surface area (Å²) in [6, 6.07) is 0. The van der Waals surface area contributed by atoms with E-state index in [1.807, 2.05) is 6.20 Å². The topological polar surface area (TPSA) is 43.8 Å². The van der Waals surface area contributed by atoms with E-state index >= 15 is 0 Å². The Kier molecular flexibility index (Phi) is 4.14. The van der Waals surface area contributed by atoms with Gasteiger partial charge in [0, 0.05) is 24.9 Å². The fourth-order valence-electron chi connectivity index (χ4n) is 1.61. The van der Waals surface area contributed by atoms with Crippen LogP contribution in [0.15, 0.2) is 12.4 Å². The van der Waals surface area contributed by atoms with Gasteiger partial charge in [0.2, 0.25) is 0 Å². The number of nitrogens with zero attached hydrogens (tertiary/aromatic N) is 2. The molecule has 2 unspecified atom stereocenters. The molecule has 2 N–H and O–H groups in total. The van der Waals surface area contributed by atoms with Crippen LogP contribution in [0.4, 0.5) is 0 Å². The molecule has 1 aromatic rings. The van der Waals surface area contributed by atoms with Gasteiger partial charge in [-0.2, -0.15) is 0 Å². The predicted octanol–water partition coefficient (Wildman–Crippen LogP) is 1.99. The summed E-state index contributed by atoms with van der Waals surface area (Å²) in [7, 11) is 0. The van der Waals surface area contributed by atoms with E-state index in [9.17, 15) is 0 Å².